The van der Waals surface area contributed by atoms with Crippen LogP contribution < -0.4 is 10.1 Å². The van der Waals surface area contributed by atoms with Gasteiger partial charge in [0.05, 0.1) is 12.0 Å². The number of rotatable bonds is 5. The molecule has 1 aliphatic heterocycles. The van der Waals surface area contributed by atoms with Gasteiger partial charge in [0.2, 0.25) is 5.91 Å². The van der Waals surface area contributed by atoms with Gasteiger partial charge in [0, 0.05) is 17.7 Å². The molecule has 1 unspecified atom stereocenters. The van der Waals surface area contributed by atoms with E-state index < -0.39 is 12.0 Å². The maximum atomic E-state index is 13.2. The van der Waals surface area contributed by atoms with Crippen LogP contribution in [0.3, 0.4) is 0 Å². The predicted octanol–water partition coefficient (Wildman–Crippen LogP) is 5.32. The SMILES string of the molecule is O=C(NCCC(O)c1cccc2ccccc12)C1c2ccccc2Oc2ccccc21. The third kappa shape index (κ3) is 3.66. The van der Waals surface area contributed by atoms with E-state index in [0.717, 1.165) is 27.5 Å². The quantitative estimate of drug-likeness (QED) is 0.469. The molecule has 0 bridgehead atoms. The number of aliphatic hydroxyl groups excluding tert-OH is 1. The fourth-order valence-electron chi connectivity index (χ4n) is 4.32. The molecule has 31 heavy (non-hydrogen) atoms. The summed E-state index contributed by atoms with van der Waals surface area (Å²) in [6.07, 6.45) is -0.215. The minimum atomic E-state index is -0.652. The molecule has 4 heteroatoms. The van der Waals surface area contributed by atoms with Gasteiger partial charge >= 0.3 is 0 Å². The molecule has 1 amide bonds. The van der Waals surface area contributed by atoms with Crippen molar-refractivity contribution >= 4 is 16.7 Å². The maximum absolute atomic E-state index is 13.2. The Kier molecular flexibility index (Phi) is 5.14. The Morgan fingerprint density at radius 1 is 0.839 bits per heavy atom. The first-order chi connectivity index (χ1) is 15.2. The van der Waals surface area contributed by atoms with Crippen LogP contribution in [0.25, 0.3) is 10.8 Å². The molecule has 4 aromatic rings. The highest BCUT2D eigenvalue weighted by Gasteiger charge is 2.32. The lowest BCUT2D eigenvalue weighted by Gasteiger charge is -2.27. The van der Waals surface area contributed by atoms with Gasteiger partial charge in [-0.3, -0.25) is 4.79 Å². The number of hydrogen-bond acceptors (Lipinski definition) is 3. The van der Waals surface area contributed by atoms with Crippen LogP contribution >= 0.6 is 0 Å². The van der Waals surface area contributed by atoms with E-state index in [4.69, 9.17) is 4.74 Å². The fraction of sp³-hybridized carbons (Fsp3) is 0.148. The van der Waals surface area contributed by atoms with Crippen LogP contribution in [-0.4, -0.2) is 17.6 Å². The van der Waals surface area contributed by atoms with Gasteiger partial charge in [0.15, 0.2) is 0 Å². The lowest BCUT2D eigenvalue weighted by molar-refractivity contribution is -0.121. The highest BCUT2D eigenvalue weighted by Crippen LogP contribution is 2.43. The van der Waals surface area contributed by atoms with Gasteiger partial charge in [-0.05, 0) is 34.9 Å². The molecule has 154 valence electrons. The van der Waals surface area contributed by atoms with Crippen molar-refractivity contribution in [2.75, 3.05) is 6.54 Å². The number of carbonyl (C=O) groups excluding carboxylic acids is 1. The first-order valence-corrected chi connectivity index (χ1v) is 10.5. The van der Waals surface area contributed by atoms with Gasteiger partial charge in [-0.15, -0.1) is 0 Å². The third-order valence-electron chi connectivity index (χ3n) is 5.84. The van der Waals surface area contributed by atoms with Crippen molar-refractivity contribution in [1.29, 1.82) is 0 Å². The Morgan fingerprint density at radius 3 is 2.19 bits per heavy atom. The molecule has 0 saturated carbocycles. The van der Waals surface area contributed by atoms with E-state index in [2.05, 4.69) is 5.32 Å². The highest BCUT2D eigenvalue weighted by molar-refractivity contribution is 5.89. The van der Waals surface area contributed by atoms with Crippen molar-refractivity contribution in [1.82, 2.24) is 5.32 Å². The van der Waals surface area contributed by atoms with Crippen LogP contribution in [0.4, 0.5) is 0 Å². The summed E-state index contributed by atoms with van der Waals surface area (Å²) >= 11 is 0. The molecule has 0 spiro atoms. The molecular formula is C27H23NO3. The largest absolute Gasteiger partial charge is 0.457 e. The van der Waals surface area contributed by atoms with Crippen LogP contribution in [0, 0.1) is 0 Å². The number of nitrogens with one attached hydrogen (secondary N) is 1. The van der Waals surface area contributed by atoms with Crippen molar-refractivity contribution in [2.24, 2.45) is 0 Å². The van der Waals surface area contributed by atoms with Crippen LogP contribution in [0.5, 0.6) is 11.5 Å². The molecule has 0 saturated heterocycles. The normalized spacial score (nSPS) is 13.7. The average molecular weight is 409 g/mol. The topological polar surface area (TPSA) is 58.6 Å². The molecular weight excluding hydrogens is 386 g/mol. The van der Waals surface area contributed by atoms with Crippen LogP contribution in [0.15, 0.2) is 91.0 Å². The zero-order valence-electron chi connectivity index (χ0n) is 17.0. The van der Waals surface area contributed by atoms with Gasteiger partial charge in [0.25, 0.3) is 0 Å². The molecule has 4 nitrogen and oxygen atoms in total. The van der Waals surface area contributed by atoms with Gasteiger partial charge in [-0.25, -0.2) is 0 Å². The smallest absolute Gasteiger partial charge is 0.232 e. The van der Waals surface area contributed by atoms with E-state index in [1.165, 1.54) is 0 Å². The maximum Gasteiger partial charge on any atom is 0.232 e. The first-order valence-electron chi connectivity index (χ1n) is 10.5. The summed E-state index contributed by atoms with van der Waals surface area (Å²) in [5, 5.41) is 15.9. The number of aliphatic hydroxyl groups is 1. The van der Waals surface area contributed by atoms with E-state index in [1.54, 1.807) is 0 Å². The summed E-state index contributed by atoms with van der Waals surface area (Å²) < 4.78 is 5.98. The molecule has 1 heterocycles. The van der Waals surface area contributed by atoms with Crippen molar-refractivity contribution < 1.29 is 14.6 Å². The van der Waals surface area contributed by atoms with E-state index in [9.17, 15) is 9.90 Å². The standard InChI is InChI=1S/C27H23NO3/c29-23(20-13-7-9-18-8-1-2-10-19(18)20)16-17-28-27(30)26-21-11-3-5-14-24(21)31-25-15-6-4-12-22(25)26/h1-15,23,26,29H,16-17H2,(H,28,30). The number of carbonyl (C=O) groups is 1. The van der Waals surface area contributed by atoms with Crippen molar-refractivity contribution in [3.05, 3.63) is 108 Å². The summed E-state index contributed by atoms with van der Waals surface area (Å²) in [5.41, 5.74) is 2.59. The monoisotopic (exact) mass is 409 g/mol. The molecule has 5 rings (SSSR count). The zero-order valence-corrected chi connectivity index (χ0v) is 17.0. The predicted molar refractivity (Wildman–Crippen MR) is 121 cm³/mol. The Bertz CT molecular complexity index is 1200. The Balaban J connectivity index is 1.32. The lowest BCUT2D eigenvalue weighted by Crippen LogP contribution is -2.32. The summed E-state index contributed by atoms with van der Waals surface area (Å²) in [6.45, 7) is 0.380. The van der Waals surface area contributed by atoms with E-state index in [1.807, 2.05) is 91.0 Å². The van der Waals surface area contributed by atoms with Crippen molar-refractivity contribution in [2.45, 2.75) is 18.4 Å². The molecule has 0 fully saturated rings. The van der Waals surface area contributed by atoms with Crippen molar-refractivity contribution in [3.63, 3.8) is 0 Å². The van der Waals surface area contributed by atoms with E-state index in [0.29, 0.717) is 24.5 Å². The van der Waals surface area contributed by atoms with Crippen LogP contribution in [0.2, 0.25) is 0 Å². The average Bonchev–Trinajstić information content (AvgIpc) is 2.82. The Morgan fingerprint density at radius 2 is 1.45 bits per heavy atom. The second-order valence-electron chi connectivity index (χ2n) is 7.77. The number of amides is 1. The highest BCUT2D eigenvalue weighted by atomic mass is 16.5. The minimum Gasteiger partial charge on any atom is -0.457 e. The number of fused-ring (bicyclic) bond motifs is 3. The van der Waals surface area contributed by atoms with Gasteiger partial charge in [-0.1, -0.05) is 78.9 Å². The molecule has 4 aromatic carbocycles. The number of ether oxygens (including phenoxy) is 1. The second kappa shape index (κ2) is 8.25. The molecule has 0 aliphatic carbocycles. The zero-order chi connectivity index (χ0) is 21.2. The second-order valence-corrected chi connectivity index (χ2v) is 7.77. The molecule has 0 radical (unpaired) electrons. The summed E-state index contributed by atoms with van der Waals surface area (Å²) in [4.78, 5) is 13.2. The van der Waals surface area contributed by atoms with Crippen molar-refractivity contribution in [3.8, 4) is 11.5 Å². The number of benzene rings is 4. The summed E-state index contributed by atoms with van der Waals surface area (Å²) in [6, 6.07) is 29.2. The fourth-order valence-corrected chi connectivity index (χ4v) is 4.32. The van der Waals surface area contributed by atoms with E-state index in [-0.39, 0.29) is 5.91 Å². The molecule has 2 N–H and O–H groups in total. The third-order valence-corrected chi connectivity index (χ3v) is 5.84. The van der Waals surface area contributed by atoms with Crippen LogP contribution in [0.1, 0.15) is 35.1 Å². The van der Waals surface area contributed by atoms with Gasteiger partial charge in [0.1, 0.15) is 11.5 Å². The van der Waals surface area contributed by atoms with E-state index >= 15 is 0 Å². The van der Waals surface area contributed by atoms with Crippen LogP contribution in [-0.2, 0) is 4.79 Å². The molecule has 1 aliphatic rings. The Hall–Kier alpha value is -3.63. The molecule has 1 atom stereocenters. The lowest BCUT2D eigenvalue weighted by atomic mass is 9.87. The number of hydrogen-bond donors (Lipinski definition) is 2. The summed E-state index contributed by atoms with van der Waals surface area (Å²) in [5.74, 6) is 0.887. The summed E-state index contributed by atoms with van der Waals surface area (Å²) in [7, 11) is 0. The van der Waals surface area contributed by atoms with Gasteiger partial charge < -0.3 is 15.2 Å². The van der Waals surface area contributed by atoms with Gasteiger partial charge in [-0.2, -0.15) is 0 Å². The Labute approximate surface area is 181 Å². The number of para-hydroxylation sites is 2. The molecule has 0 aromatic heterocycles. The minimum absolute atomic E-state index is 0.0895. The first kappa shape index (κ1) is 19.3.